The fourth-order valence-corrected chi connectivity index (χ4v) is 2.98. The maximum absolute atomic E-state index is 12.6. The summed E-state index contributed by atoms with van der Waals surface area (Å²) >= 11 is 6.00. The highest BCUT2D eigenvalue weighted by Gasteiger charge is 2.12. The molecule has 1 heterocycles. The number of nitrogens with zero attached hydrogens (tertiary/aromatic N) is 2. The molecule has 2 aromatic carbocycles. The van der Waals surface area contributed by atoms with Crippen LogP contribution in [0.15, 0.2) is 54.7 Å². The lowest BCUT2D eigenvalue weighted by Gasteiger charge is -2.11. The molecule has 2 N–H and O–H groups in total. The molecule has 0 aliphatic carbocycles. The highest BCUT2D eigenvalue weighted by Crippen LogP contribution is 2.20. The van der Waals surface area contributed by atoms with Crippen LogP contribution in [0, 0.1) is 13.8 Å². The number of anilines is 2. The van der Waals surface area contributed by atoms with E-state index in [0.717, 1.165) is 28.8 Å². The van der Waals surface area contributed by atoms with Crippen LogP contribution in [0.3, 0.4) is 0 Å². The van der Waals surface area contributed by atoms with Gasteiger partial charge in [0.05, 0.1) is 0 Å². The number of nitrogens with one attached hydrogen (secondary N) is 2. The first-order chi connectivity index (χ1) is 13.0. The van der Waals surface area contributed by atoms with E-state index < -0.39 is 0 Å². The smallest absolute Gasteiger partial charge is 0.274 e. The molecule has 138 valence electrons. The van der Waals surface area contributed by atoms with Crippen LogP contribution < -0.4 is 10.6 Å². The Kier molecular flexibility index (Phi) is 6.04. The van der Waals surface area contributed by atoms with E-state index in [1.807, 2.05) is 56.3 Å². The third kappa shape index (κ3) is 5.05. The van der Waals surface area contributed by atoms with Gasteiger partial charge in [-0.2, -0.15) is 0 Å². The van der Waals surface area contributed by atoms with Crippen molar-refractivity contribution in [3.05, 3.63) is 82.1 Å². The summed E-state index contributed by atoms with van der Waals surface area (Å²) in [6.07, 6.45) is 2.36. The predicted octanol–water partition coefficient (Wildman–Crippen LogP) is 4.65. The van der Waals surface area contributed by atoms with Crippen molar-refractivity contribution in [2.45, 2.75) is 20.3 Å². The van der Waals surface area contributed by atoms with Crippen molar-refractivity contribution in [3.63, 3.8) is 0 Å². The fourth-order valence-electron chi connectivity index (χ4n) is 2.77. The van der Waals surface area contributed by atoms with Crippen molar-refractivity contribution in [1.82, 2.24) is 9.97 Å². The van der Waals surface area contributed by atoms with E-state index in [9.17, 15) is 4.79 Å². The Morgan fingerprint density at radius 1 is 1.07 bits per heavy atom. The molecule has 0 unspecified atom stereocenters. The number of aryl methyl sites for hydroxylation is 2. The van der Waals surface area contributed by atoms with Crippen LogP contribution in [-0.2, 0) is 6.42 Å². The standard InChI is InChI=1S/C21H21ClN4O/c1-14-5-3-6-15(2)19(14)26-20(27)18-10-12-24-21(25-18)23-11-9-16-7-4-8-17(22)13-16/h3-8,10,12-13H,9,11H2,1-2H3,(H,26,27)(H,23,24,25). The number of hydrogen-bond acceptors (Lipinski definition) is 4. The van der Waals surface area contributed by atoms with E-state index in [2.05, 4.69) is 20.6 Å². The Hall–Kier alpha value is -2.92. The van der Waals surface area contributed by atoms with Crippen LogP contribution >= 0.6 is 11.6 Å². The summed E-state index contributed by atoms with van der Waals surface area (Å²) in [6, 6.07) is 15.2. The summed E-state index contributed by atoms with van der Waals surface area (Å²) < 4.78 is 0. The first-order valence-corrected chi connectivity index (χ1v) is 9.09. The van der Waals surface area contributed by atoms with Gasteiger partial charge in [-0.05, 0) is 55.2 Å². The second-order valence-electron chi connectivity index (χ2n) is 6.29. The topological polar surface area (TPSA) is 66.9 Å². The van der Waals surface area contributed by atoms with E-state index in [-0.39, 0.29) is 5.91 Å². The first-order valence-electron chi connectivity index (χ1n) is 8.72. The number of carbonyl (C=O) groups excluding carboxylic acids is 1. The third-order valence-electron chi connectivity index (χ3n) is 4.19. The molecular formula is C21H21ClN4O. The lowest BCUT2D eigenvalue weighted by molar-refractivity contribution is 0.102. The third-order valence-corrected chi connectivity index (χ3v) is 4.43. The van der Waals surface area contributed by atoms with Gasteiger partial charge >= 0.3 is 0 Å². The molecule has 27 heavy (non-hydrogen) atoms. The average molecular weight is 381 g/mol. The second kappa shape index (κ2) is 8.64. The summed E-state index contributed by atoms with van der Waals surface area (Å²) in [5, 5.41) is 6.80. The molecule has 5 nitrogen and oxygen atoms in total. The average Bonchev–Trinajstić information content (AvgIpc) is 2.65. The molecule has 6 heteroatoms. The monoisotopic (exact) mass is 380 g/mol. The molecule has 0 saturated carbocycles. The van der Waals surface area contributed by atoms with Crippen LogP contribution in [-0.4, -0.2) is 22.4 Å². The van der Waals surface area contributed by atoms with Crippen molar-refractivity contribution in [3.8, 4) is 0 Å². The zero-order chi connectivity index (χ0) is 19.2. The number of para-hydroxylation sites is 1. The Morgan fingerprint density at radius 2 is 1.81 bits per heavy atom. The lowest BCUT2D eigenvalue weighted by atomic mass is 10.1. The number of hydrogen-bond donors (Lipinski definition) is 2. The van der Waals surface area contributed by atoms with Gasteiger partial charge in [-0.15, -0.1) is 0 Å². The summed E-state index contributed by atoms with van der Waals surface area (Å²) in [5.74, 6) is 0.166. The molecule has 3 rings (SSSR count). The Bertz CT molecular complexity index is 938. The van der Waals surface area contributed by atoms with E-state index >= 15 is 0 Å². The molecule has 0 aliphatic rings. The summed E-state index contributed by atoms with van der Waals surface area (Å²) in [7, 11) is 0. The maximum atomic E-state index is 12.6. The van der Waals surface area contributed by atoms with Crippen molar-refractivity contribution in [1.29, 1.82) is 0 Å². The molecule has 1 amide bonds. The van der Waals surface area contributed by atoms with E-state index in [4.69, 9.17) is 11.6 Å². The Labute approximate surface area is 163 Å². The molecule has 0 aliphatic heterocycles. The van der Waals surface area contributed by atoms with E-state index in [0.29, 0.717) is 23.2 Å². The van der Waals surface area contributed by atoms with Gasteiger partial charge in [-0.1, -0.05) is 41.9 Å². The quantitative estimate of drug-likeness (QED) is 0.653. The van der Waals surface area contributed by atoms with Crippen LogP contribution in [0.2, 0.25) is 5.02 Å². The molecule has 0 fully saturated rings. The highest BCUT2D eigenvalue weighted by molar-refractivity contribution is 6.30. The Morgan fingerprint density at radius 3 is 2.56 bits per heavy atom. The molecule has 0 radical (unpaired) electrons. The lowest BCUT2D eigenvalue weighted by Crippen LogP contribution is -2.17. The Balaban J connectivity index is 1.63. The zero-order valence-corrected chi connectivity index (χ0v) is 16.0. The fraction of sp³-hybridized carbons (Fsp3) is 0.190. The maximum Gasteiger partial charge on any atom is 0.274 e. The van der Waals surface area contributed by atoms with Gasteiger partial charge in [0, 0.05) is 23.5 Å². The van der Waals surface area contributed by atoms with Gasteiger partial charge < -0.3 is 10.6 Å². The number of carbonyl (C=O) groups is 1. The van der Waals surface area contributed by atoms with Crippen molar-refractivity contribution < 1.29 is 4.79 Å². The van der Waals surface area contributed by atoms with Crippen molar-refractivity contribution in [2.24, 2.45) is 0 Å². The largest absolute Gasteiger partial charge is 0.354 e. The van der Waals surface area contributed by atoms with Crippen molar-refractivity contribution in [2.75, 3.05) is 17.2 Å². The number of amides is 1. The van der Waals surface area contributed by atoms with Crippen molar-refractivity contribution >= 4 is 29.1 Å². The molecular weight excluding hydrogens is 360 g/mol. The summed E-state index contributed by atoms with van der Waals surface area (Å²) in [6.45, 7) is 4.57. The molecule has 1 aromatic heterocycles. The summed E-state index contributed by atoms with van der Waals surface area (Å²) in [5.41, 5.74) is 4.28. The van der Waals surface area contributed by atoms with Crippen LogP contribution in [0.5, 0.6) is 0 Å². The van der Waals surface area contributed by atoms with Gasteiger partial charge in [0.25, 0.3) is 5.91 Å². The molecule has 3 aromatic rings. The van der Waals surface area contributed by atoms with Gasteiger partial charge in [0.1, 0.15) is 5.69 Å². The van der Waals surface area contributed by atoms with Gasteiger partial charge in [0.15, 0.2) is 0 Å². The van der Waals surface area contributed by atoms with Crippen LogP contribution in [0.4, 0.5) is 11.6 Å². The molecule has 0 atom stereocenters. The first kappa shape index (κ1) is 18.9. The number of aromatic nitrogens is 2. The normalized spacial score (nSPS) is 10.5. The minimum atomic E-state index is -0.257. The van der Waals surface area contributed by atoms with Crippen LogP contribution in [0.1, 0.15) is 27.2 Å². The number of benzene rings is 2. The molecule has 0 bridgehead atoms. The minimum Gasteiger partial charge on any atom is -0.354 e. The van der Waals surface area contributed by atoms with Crippen LogP contribution in [0.25, 0.3) is 0 Å². The second-order valence-corrected chi connectivity index (χ2v) is 6.73. The minimum absolute atomic E-state index is 0.257. The van der Waals surface area contributed by atoms with E-state index in [1.165, 1.54) is 0 Å². The van der Waals surface area contributed by atoms with E-state index in [1.54, 1.807) is 12.3 Å². The van der Waals surface area contributed by atoms with Gasteiger partial charge in [-0.3, -0.25) is 4.79 Å². The highest BCUT2D eigenvalue weighted by atomic mass is 35.5. The van der Waals surface area contributed by atoms with Gasteiger partial charge in [-0.25, -0.2) is 9.97 Å². The molecule has 0 saturated heterocycles. The van der Waals surface area contributed by atoms with Gasteiger partial charge in [0.2, 0.25) is 5.95 Å². The molecule has 0 spiro atoms. The number of rotatable bonds is 6. The predicted molar refractivity (Wildman–Crippen MR) is 110 cm³/mol. The zero-order valence-electron chi connectivity index (χ0n) is 15.3. The SMILES string of the molecule is Cc1cccc(C)c1NC(=O)c1ccnc(NCCc2cccc(Cl)c2)n1. The number of halogens is 1. The summed E-state index contributed by atoms with van der Waals surface area (Å²) in [4.78, 5) is 21.1.